The fourth-order valence-electron chi connectivity index (χ4n) is 1.77. The molecular formula is C14H13ClN2O2. The van der Waals surface area contributed by atoms with E-state index in [1.54, 1.807) is 0 Å². The zero-order chi connectivity index (χ0) is 13.7. The van der Waals surface area contributed by atoms with Crippen molar-refractivity contribution in [1.82, 2.24) is 9.97 Å². The third kappa shape index (κ3) is 3.76. The average Bonchev–Trinajstić information content (AvgIpc) is 2.41. The predicted molar refractivity (Wildman–Crippen MR) is 72.5 cm³/mol. The van der Waals surface area contributed by atoms with Crippen molar-refractivity contribution in [1.29, 1.82) is 0 Å². The molecule has 0 atom stereocenters. The van der Waals surface area contributed by atoms with E-state index in [2.05, 4.69) is 22.1 Å². The van der Waals surface area contributed by atoms with Crippen LogP contribution in [0, 0.1) is 0 Å². The summed E-state index contributed by atoms with van der Waals surface area (Å²) in [5, 5.41) is 8.99. The molecule has 19 heavy (non-hydrogen) atoms. The Kier molecular flexibility index (Phi) is 4.47. The lowest BCUT2D eigenvalue weighted by molar-refractivity contribution is 0.0690. The second-order valence-electron chi connectivity index (χ2n) is 4.13. The molecule has 98 valence electrons. The molecule has 2 rings (SSSR count). The molecule has 0 saturated carbocycles. The van der Waals surface area contributed by atoms with Crippen molar-refractivity contribution >= 4 is 17.6 Å². The van der Waals surface area contributed by atoms with Crippen LogP contribution < -0.4 is 0 Å². The van der Waals surface area contributed by atoms with Crippen LogP contribution in [0.5, 0.6) is 0 Å². The number of carboxylic acid groups (broad SMARTS) is 1. The Morgan fingerprint density at radius 2 is 1.95 bits per heavy atom. The van der Waals surface area contributed by atoms with E-state index >= 15 is 0 Å². The molecule has 1 heterocycles. The van der Waals surface area contributed by atoms with Gasteiger partial charge in [-0.2, -0.15) is 0 Å². The summed E-state index contributed by atoms with van der Waals surface area (Å²) in [7, 11) is 0. The van der Waals surface area contributed by atoms with Crippen molar-refractivity contribution < 1.29 is 9.90 Å². The summed E-state index contributed by atoms with van der Waals surface area (Å²) in [4.78, 5) is 18.9. The topological polar surface area (TPSA) is 63.1 Å². The van der Waals surface area contributed by atoms with E-state index in [1.807, 2.05) is 18.2 Å². The van der Waals surface area contributed by atoms with Crippen molar-refractivity contribution in [2.45, 2.75) is 19.3 Å². The van der Waals surface area contributed by atoms with Gasteiger partial charge in [0, 0.05) is 6.42 Å². The minimum Gasteiger partial charge on any atom is -0.476 e. The maximum Gasteiger partial charge on any atom is 0.356 e. The van der Waals surface area contributed by atoms with Gasteiger partial charge in [-0.05, 0) is 18.4 Å². The summed E-state index contributed by atoms with van der Waals surface area (Å²) in [6.07, 6.45) is 3.75. The molecule has 0 amide bonds. The number of aromatic nitrogens is 2. The van der Waals surface area contributed by atoms with Gasteiger partial charge in [0.1, 0.15) is 5.82 Å². The van der Waals surface area contributed by atoms with Gasteiger partial charge in [0.2, 0.25) is 0 Å². The number of carbonyl (C=O) groups is 1. The number of aromatic carboxylic acids is 1. The molecule has 1 aromatic heterocycles. The van der Waals surface area contributed by atoms with E-state index in [9.17, 15) is 4.79 Å². The largest absolute Gasteiger partial charge is 0.476 e. The lowest BCUT2D eigenvalue weighted by Crippen LogP contribution is -2.06. The number of hydrogen-bond acceptors (Lipinski definition) is 3. The first-order chi connectivity index (χ1) is 9.16. The molecule has 0 aliphatic heterocycles. The number of carboxylic acids is 1. The Bertz CT molecular complexity index is 573. The van der Waals surface area contributed by atoms with Crippen LogP contribution in [-0.4, -0.2) is 21.0 Å². The predicted octanol–water partition coefficient (Wildman–Crippen LogP) is 3.00. The molecule has 0 unspecified atom stereocenters. The molecule has 0 bridgehead atoms. The zero-order valence-electron chi connectivity index (χ0n) is 10.2. The monoisotopic (exact) mass is 276 g/mol. The van der Waals surface area contributed by atoms with Crippen LogP contribution in [0.15, 0.2) is 36.5 Å². The van der Waals surface area contributed by atoms with Crippen LogP contribution in [-0.2, 0) is 12.8 Å². The molecule has 0 fully saturated rings. The van der Waals surface area contributed by atoms with E-state index in [0.29, 0.717) is 12.2 Å². The lowest BCUT2D eigenvalue weighted by atomic mass is 10.1. The molecule has 0 spiro atoms. The number of nitrogens with zero attached hydrogens (tertiary/aromatic N) is 2. The standard InChI is InChI=1S/C14H13ClN2O2/c15-11-9-16-12(17-13(11)14(18)19)8-4-7-10-5-2-1-3-6-10/h1-3,5-6,9H,4,7-8H2,(H,18,19). The third-order valence-electron chi connectivity index (χ3n) is 2.71. The van der Waals surface area contributed by atoms with E-state index in [-0.39, 0.29) is 10.7 Å². The number of rotatable bonds is 5. The van der Waals surface area contributed by atoms with Gasteiger partial charge in [0.15, 0.2) is 5.69 Å². The molecule has 1 N–H and O–H groups in total. The van der Waals surface area contributed by atoms with Gasteiger partial charge in [0.25, 0.3) is 0 Å². The number of aryl methyl sites for hydroxylation is 2. The second-order valence-corrected chi connectivity index (χ2v) is 4.53. The van der Waals surface area contributed by atoms with Crippen LogP contribution in [0.25, 0.3) is 0 Å². The van der Waals surface area contributed by atoms with Crippen molar-refractivity contribution in [3.05, 3.63) is 58.6 Å². The smallest absolute Gasteiger partial charge is 0.356 e. The number of hydrogen-bond donors (Lipinski definition) is 1. The normalized spacial score (nSPS) is 10.4. The Labute approximate surface area is 116 Å². The molecule has 0 radical (unpaired) electrons. The van der Waals surface area contributed by atoms with E-state index in [1.165, 1.54) is 11.8 Å². The number of halogens is 1. The third-order valence-corrected chi connectivity index (χ3v) is 2.98. The van der Waals surface area contributed by atoms with Crippen LogP contribution >= 0.6 is 11.6 Å². The molecule has 2 aromatic rings. The van der Waals surface area contributed by atoms with Gasteiger partial charge in [-0.15, -0.1) is 0 Å². The Morgan fingerprint density at radius 3 is 2.63 bits per heavy atom. The summed E-state index contributed by atoms with van der Waals surface area (Å²) >= 11 is 5.72. The second kappa shape index (κ2) is 6.29. The van der Waals surface area contributed by atoms with Crippen molar-refractivity contribution in [2.24, 2.45) is 0 Å². The maximum absolute atomic E-state index is 10.9. The maximum atomic E-state index is 10.9. The van der Waals surface area contributed by atoms with E-state index in [4.69, 9.17) is 16.7 Å². The first kappa shape index (κ1) is 13.5. The molecule has 4 nitrogen and oxygen atoms in total. The Hall–Kier alpha value is -1.94. The highest BCUT2D eigenvalue weighted by Crippen LogP contribution is 2.13. The first-order valence-electron chi connectivity index (χ1n) is 5.95. The highest BCUT2D eigenvalue weighted by Gasteiger charge is 2.12. The average molecular weight is 277 g/mol. The number of benzene rings is 1. The summed E-state index contributed by atoms with van der Waals surface area (Å²) in [6, 6.07) is 10.1. The molecule has 1 aromatic carbocycles. The molecule has 0 saturated heterocycles. The van der Waals surface area contributed by atoms with Crippen LogP contribution in [0.3, 0.4) is 0 Å². The quantitative estimate of drug-likeness (QED) is 0.912. The molecule has 0 aliphatic carbocycles. The molecule has 5 heteroatoms. The lowest BCUT2D eigenvalue weighted by Gasteiger charge is -2.03. The van der Waals surface area contributed by atoms with Gasteiger partial charge in [-0.3, -0.25) is 0 Å². The van der Waals surface area contributed by atoms with E-state index < -0.39 is 5.97 Å². The fraction of sp³-hybridized carbons (Fsp3) is 0.214. The zero-order valence-corrected chi connectivity index (χ0v) is 11.0. The summed E-state index contributed by atoms with van der Waals surface area (Å²) in [6.45, 7) is 0. The highest BCUT2D eigenvalue weighted by atomic mass is 35.5. The first-order valence-corrected chi connectivity index (χ1v) is 6.33. The van der Waals surface area contributed by atoms with Crippen LogP contribution in [0.2, 0.25) is 5.02 Å². The summed E-state index contributed by atoms with van der Waals surface area (Å²) in [5.41, 5.74) is 1.11. The van der Waals surface area contributed by atoms with E-state index in [0.717, 1.165) is 12.8 Å². The molecule has 0 aliphatic rings. The van der Waals surface area contributed by atoms with Crippen LogP contribution in [0.1, 0.15) is 28.3 Å². The minimum atomic E-state index is -1.13. The van der Waals surface area contributed by atoms with Gasteiger partial charge < -0.3 is 5.11 Å². The van der Waals surface area contributed by atoms with Gasteiger partial charge >= 0.3 is 5.97 Å². The Morgan fingerprint density at radius 1 is 1.21 bits per heavy atom. The summed E-state index contributed by atoms with van der Waals surface area (Å²) < 4.78 is 0. The van der Waals surface area contributed by atoms with Crippen molar-refractivity contribution in [3.8, 4) is 0 Å². The van der Waals surface area contributed by atoms with Gasteiger partial charge in [-0.25, -0.2) is 14.8 Å². The van der Waals surface area contributed by atoms with Crippen molar-refractivity contribution in [2.75, 3.05) is 0 Å². The van der Waals surface area contributed by atoms with Crippen molar-refractivity contribution in [3.63, 3.8) is 0 Å². The molecular weight excluding hydrogens is 264 g/mol. The van der Waals surface area contributed by atoms with Gasteiger partial charge in [-0.1, -0.05) is 41.9 Å². The highest BCUT2D eigenvalue weighted by molar-refractivity contribution is 6.33. The summed E-state index contributed by atoms with van der Waals surface area (Å²) in [5.74, 6) is -0.616. The Balaban J connectivity index is 1.97. The van der Waals surface area contributed by atoms with Gasteiger partial charge in [0.05, 0.1) is 11.2 Å². The minimum absolute atomic E-state index is 0.0688. The van der Waals surface area contributed by atoms with Crippen LogP contribution in [0.4, 0.5) is 0 Å². The fourth-order valence-corrected chi connectivity index (χ4v) is 1.94. The SMILES string of the molecule is O=C(O)c1nc(CCCc2ccccc2)ncc1Cl.